The summed E-state index contributed by atoms with van der Waals surface area (Å²) in [5.74, 6) is 0. The first-order chi connectivity index (χ1) is 9.35. The van der Waals surface area contributed by atoms with Crippen molar-refractivity contribution in [1.29, 1.82) is 0 Å². The Kier molecular flexibility index (Phi) is 5.10. The largest absolute Gasteiger partial charge is 0.375 e. The third kappa shape index (κ3) is 4.47. The Labute approximate surface area is 130 Å². The molecule has 1 aliphatic rings. The molecule has 3 nitrogen and oxygen atoms in total. The predicted octanol–water partition coefficient (Wildman–Crippen LogP) is 3.56. The Morgan fingerprint density at radius 2 is 2.15 bits per heavy atom. The van der Waals surface area contributed by atoms with Gasteiger partial charge in [0, 0.05) is 35.3 Å². The molecule has 0 aliphatic carbocycles. The number of nitrogens with one attached hydrogen (secondary N) is 1. The zero-order valence-electron chi connectivity index (χ0n) is 12.9. The van der Waals surface area contributed by atoms with E-state index in [9.17, 15) is 0 Å². The van der Waals surface area contributed by atoms with Crippen LogP contribution in [0.25, 0.3) is 0 Å². The molecule has 1 heterocycles. The summed E-state index contributed by atoms with van der Waals surface area (Å²) in [6.07, 6.45) is 0.302. The maximum Gasteiger partial charge on any atom is 0.0722 e. The molecular formula is C16H25BrN2O. The lowest BCUT2D eigenvalue weighted by Gasteiger charge is -2.34. The van der Waals surface area contributed by atoms with Crippen molar-refractivity contribution in [2.75, 3.05) is 24.6 Å². The van der Waals surface area contributed by atoms with Crippen molar-refractivity contribution in [3.63, 3.8) is 0 Å². The maximum absolute atomic E-state index is 5.64. The summed E-state index contributed by atoms with van der Waals surface area (Å²) in [7, 11) is 0. The number of nitrogens with zero attached hydrogens (tertiary/aromatic N) is 1. The van der Waals surface area contributed by atoms with Gasteiger partial charge < -0.3 is 15.0 Å². The van der Waals surface area contributed by atoms with Crippen LogP contribution in [0.4, 0.5) is 5.69 Å². The SMILES string of the molecule is CC1CN(c2ccc(Br)cc2CNC(C)(C)C)CCO1. The van der Waals surface area contributed by atoms with Crippen LogP contribution >= 0.6 is 15.9 Å². The summed E-state index contributed by atoms with van der Waals surface area (Å²) in [6, 6.07) is 6.55. The van der Waals surface area contributed by atoms with E-state index in [2.05, 4.69) is 72.0 Å². The van der Waals surface area contributed by atoms with Crippen molar-refractivity contribution in [1.82, 2.24) is 5.32 Å². The molecule has 20 heavy (non-hydrogen) atoms. The standard InChI is InChI=1S/C16H25BrN2O/c1-12-11-19(7-8-20-12)15-6-5-14(17)9-13(15)10-18-16(2,3)4/h5-6,9,12,18H,7-8,10-11H2,1-4H3. The normalized spacial score (nSPS) is 20.2. The van der Waals surface area contributed by atoms with Crippen LogP contribution < -0.4 is 10.2 Å². The molecular weight excluding hydrogens is 316 g/mol. The van der Waals surface area contributed by atoms with E-state index in [0.29, 0.717) is 6.10 Å². The van der Waals surface area contributed by atoms with E-state index in [4.69, 9.17) is 4.74 Å². The highest BCUT2D eigenvalue weighted by Gasteiger charge is 2.20. The molecule has 0 spiro atoms. The second-order valence-electron chi connectivity index (χ2n) is 6.50. The van der Waals surface area contributed by atoms with Gasteiger partial charge in [0.15, 0.2) is 0 Å². The van der Waals surface area contributed by atoms with Crippen LogP contribution in [-0.2, 0) is 11.3 Å². The van der Waals surface area contributed by atoms with Crippen LogP contribution in [0.2, 0.25) is 0 Å². The Morgan fingerprint density at radius 1 is 1.40 bits per heavy atom. The fraction of sp³-hybridized carbons (Fsp3) is 0.625. The minimum atomic E-state index is 0.123. The van der Waals surface area contributed by atoms with Crippen molar-refractivity contribution in [2.24, 2.45) is 0 Å². The van der Waals surface area contributed by atoms with Gasteiger partial charge in [-0.15, -0.1) is 0 Å². The zero-order chi connectivity index (χ0) is 14.8. The molecule has 0 aromatic heterocycles. The third-order valence-electron chi connectivity index (χ3n) is 3.43. The maximum atomic E-state index is 5.64. The lowest BCUT2D eigenvalue weighted by atomic mass is 10.1. The molecule has 1 aromatic rings. The van der Waals surface area contributed by atoms with Crippen molar-refractivity contribution in [2.45, 2.75) is 45.9 Å². The zero-order valence-corrected chi connectivity index (χ0v) is 14.5. The van der Waals surface area contributed by atoms with Crippen LogP contribution in [-0.4, -0.2) is 31.3 Å². The number of hydrogen-bond acceptors (Lipinski definition) is 3. The molecule has 1 unspecified atom stereocenters. The highest BCUT2D eigenvalue weighted by Crippen LogP contribution is 2.26. The number of halogens is 1. The Balaban J connectivity index is 2.18. The van der Waals surface area contributed by atoms with Gasteiger partial charge in [-0.05, 0) is 51.5 Å². The number of rotatable bonds is 3. The number of morpholine rings is 1. The second kappa shape index (κ2) is 6.46. The minimum absolute atomic E-state index is 0.123. The summed E-state index contributed by atoms with van der Waals surface area (Å²) >= 11 is 3.58. The van der Waals surface area contributed by atoms with Gasteiger partial charge in [0.25, 0.3) is 0 Å². The Morgan fingerprint density at radius 3 is 2.80 bits per heavy atom. The monoisotopic (exact) mass is 340 g/mol. The van der Waals surface area contributed by atoms with Crippen LogP contribution in [0.1, 0.15) is 33.3 Å². The van der Waals surface area contributed by atoms with Crippen molar-refractivity contribution in [3.05, 3.63) is 28.2 Å². The number of benzene rings is 1. The molecule has 0 amide bonds. The fourth-order valence-electron chi connectivity index (χ4n) is 2.40. The molecule has 1 N–H and O–H groups in total. The minimum Gasteiger partial charge on any atom is -0.375 e. The Bertz CT molecular complexity index is 456. The van der Waals surface area contributed by atoms with Gasteiger partial charge in [-0.2, -0.15) is 0 Å². The number of ether oxygens (including phenoxy) is 1. The van der Waals surface area contributed by atoms with Crippen LogP contribution in [0, 0.1) is 0 Å². The summed E-state index contributed by atoms with van der Waals surface area (Å²) in [4.78, 5) is 2.43. The topological polar surface area (TPSA) is 24.5 Å². The first-order valence-electron chi connectivity index (χ1n) is 7.25. The van der Waals surface area contributed by atoms with Crippen molar-refractivity contribution in [3.8, 4) is 0 Å². The molecule has 1 aliphatic heterocycles. The molecule has 0 radical (unpaired) electrons. The summed E-state index contributed by atoms with van der Waals surface area (Å²) in [6.45, 7) is 12.3. The smallest absolute Gasteiger partial charge is 0.0722 e. The molecule has 1 aromatic carbocycles. The van der Waals surface area contributed by atoms with Crippen LogP contribution in [0.3, 0.4) is 0 Å². The van der Waals surface area contributed by atoms with Gasteiger partial charge in [0.1, 0.15) is 0 Å². The van der Waals surface area contributed by atoms with E-state index in [1.807, 2.05) is 0 Å². The first kappa shape index (κ1) is 15.8. The fourth-order valence-corrected chi connectivity index (χ4v) is 2.81. The van der Waals surface area contributed by atoms with Crippen molar-refractivity contribution < 1.29 is 4.74 Å². The van der Waals surface area contributed by atoms with Crippen molar-refractivity contribution >= 4 is 21.6 Å². The van der Waals surface area contributed by atoms with Gasteiger partial charge in [-0.3, -0.25) is 0 Å². The predicted molar refractivity (Wildman–Crippen MR) is 88.4 cm³/mol. The molecule has 1 atom stereocenters. The average molecular weight is 341 g/mol. The molecule has 2 rings (SSSR count). The average Bonchev–Trinajstić information content (AvgIpc) is 2.35. The van der Waals surface area contributed by atoms with E-state index in [1.54, 1.807) is 0 Å². The molecule has 1 saturated heterocycles. The molecule has 112 valence electrons. The van der Waals surface area contributed by atoms with Crippen LogP contribution in [0.15, 0.2) is 22.7 Å². The van der Waals surface area contributed by atoms with Gasteiger partial charge >= 0.3 is 0 Å². The van der Waals surface area contributed by atoms with E-state index in [0.717, 1.165) is 30.7 Å². The second-order valence-corrected chi connectivity index (χ2v) is 7.42. The third-order valence-corrected chi connectivity index (χ3v) is 3.93. The molecule has 4 heteroatoms. The number of hydrogen-bond donors (Lipinski definition) is 1. The van der Waals surface area contributed by atoms with Gasteiger partial charge in [0.2, 0.25) is 0 Å². The Hall–Kier alpha value is -0.580. The van der Waals surface area contributed by atoms with Gasteiger partial charge in [0.05, 0.1) is 12.7 Å². The van der Waals surface area contributed by atoms with E-state index in [-0.39, 0.29) is 5.54 Å². The first-order valence-corrected chi connectivity index (χ1v) is 8.04. The van der Waals surface area contributed by atoms with Gasteiger partial charge in [-0.1, -0.05) is 15.9 Å². The van der Waals surface area contributed by atoms with Crippen LogP contribution in [0.5, 0.6) is 0 Å². The van der Waals surface area contributed by atoms with Gasteiger partial charge in [-0.25, -0.2) is 0 Å². The summed E-state index contributed by atoms with van der Waals surface area (Å²) in [5.41, 5.74) is 2.78. The quantitative estimate of drug-likeness (QED) is 0.910. The lowest BCUT2D eigenvalue weighted by molar-refractivity contribution is 0.0531. The summed E-state index contributed by atoms with van der Waals surface area (Å²) in [5, 5.41) is 3.58. The highest BCUT2D eigenvalue weighted by molar-refractivity contribution is 9.10. The highest BCUT2D eigenvalue weighted by atomic mass is 79.9. The van der Waals surface area contributed by atoms with E-state index >= 15 is 0 Å². The molecule has 0 bridgehead atoms. The molecule has 1 fully saturated rings. The summed E-state index contributed by atoms with van der Waals surface area (Å²) < 4.78 is 6.77. The van der Waals surface area contributed by atoms with E-state index < -0.39 is 0 Å². The number of anilines is 1. The molecule has 0 saturated carbocycles. The lowest BCUT2D eigenvalue weighted by Crippen LogP contribution is -2.42. The van der Waals surface area contributed by atoms with E-state index in [1.165, 1.54) is 11.3 Å².